The van der Waals surface area contributed by atoms with Crippen LogP contribution >= 0.6 is 15.9 Å². The van der Waals surface area contributed by atoms with Gasteiger partial charge in [0, 0.05) is 29.3 Å². The Balaban J connectivity index is 1.71. The summed E-state index contributed by atoms with van der Waals surface area (Å²) in [4.78, 5) is 29.1. The SMILES string of the molecule is O=C1OC(c2ccc(Br)cc2)=N/C1=C/N1CCC(C(=O)O)CC1. The van der Waals surface area contributed by atoms with Gasteiger partial charge in [0.25, 0.3) is 0 Å². The summed E-state index contributed by atoms with van der Waals surface area (Å²) in [6.07, 6.45) is 2.79. The van der Waals surface area contributed by atoms with Gasteiger partial charge in [0.2, 0.25) is 5.90 Å². The van der Waals surface area contributed by atoms with E-state index in [1.807, 2.05) is 29.2 Å². The molecule has 3 rings (SSSR count). The molecule has 0 aliphatic carbocycles. The minimum absolute atomic E-state index is 0.247. The highest BCUT2D eigenvalue weighted by atomic mass is 79.9. The molecule has 7 heteroatoms. The van der Waals surface area contributed by atoms with Crippen molar-refractivity contribution in [1.29, 1.82) is 0 Å². The van der Waals surface area contributed by atoms with Crippen LogP contribution in [0.5, 0.6) is 0 Å². The van der Waals surface area contributed by atoms with Crippen molar-refractivity contribution in [3.8, 4) is 0 Å². The number of carbonyl (C=O) groups is 2. The standard InChI is InChI=1S/C16H15BrN2O4/c17-12-3-1-10(2-4-12)14-18-13(16(22)23-14)9-19-7-5-11(6-8-19)15(20)21/h1-4,9,11H,5-8H2,(H,20,21)/b13-9+. The third-order valence-corrected chi connectivity index (χ3v) is 4.42. The first kappa shape index (κ1) is 15.7. The average Bonchev–Trinajstić information content (AvgIpc) is 2.89. The van der Waals surface area contributed by atoms with E-state index in [1.165, 1.54) is 0 Å². The number of hydrogen-bond acceptors (Lipinski definition) is 5. The Morgan fingerprint density at radius 2 is 1.96 bits per heavy atom. The van der Waals surface area contributed by atoms with Crippen molar-refractivity contribution in [3.05, 3.63) is 46.2 Å². The summed E-state index contributed by atoms with van der Waals surface area (Å²) in [6.45, 7) is 1.19. The second-order valence-corrected chi connectivity index (χ2v) is 6.39. The third kappa shape index (κ3) is 3.61. The Bertz CT molecular complexity index is 689. The Kier molecular flexibility index (Phi) is 4.47. The summed E-state index contributed by atoms with van der Waals surface area (Å²) in [5.41, 5.74) is 0.978. The largest absolute Gasteiger partial charge is 0.481 e. The molecule has 23 heavy (non-hydrogen) atoms. The van der Waals surface area contributed by atoms with E-state index in [-0.39, 0.29) is 17.5 Å². The van der Waals surface area contributed by atoms with E-state index in [9.17, 15) is 9.59 Å². The highest BCUT2D eigenvalue weighted by Crippen LogP contribution is 2.22. The fourth-order valence-electron chi connectivity index (χ4n) is 2.56. The Morgan fingerprint density at radius 1 is 1.30 bits per heavy atom. The summed E-state index contributed by atoms with van der Waals surface area (Å²) >= 11 is 3.35. The van der Waals surface area contributed by atoms with Crippen molar-refractivity contribution in [2.45, 2.75) is 12.8 Å². The molecule has 0 atom stereocenters. The highest BCUT2D eigenvalue weighted by Gasteiger charge is 2.27. The molecule has 0 spiro atoms. The number of aliphatic carboxylic acids is 1. The van der Waals surface area contributed by atoms with Crippen LogP contribution < -0.4 is 0 Å². The molecule has 1 aromatic rings. The maximum atomic E-state index is 11.9. The number of piperidine rings is 1. The number of esters is 1. The summed E-state index contributed by atoms with van der Waals surface area (Å²) in [5, 5.41) is 9.00. The average molecular weight is 379 g/mol. The lowest BCUT2D eigenvalue weighted by molar-refractivity contribution is -0.143. The molecule has 0 aromatic heterocycles. The molecular weight excluding hydrogens is 364 g/mol. The molecule has 2 aliphatic heterocycles. The zero-order chi connectivity index (χ0) is 16.4. The van der Waals surface area contributed by atoms with E-state index >= 15 is 0 Å². The van der Waals surface area contributed by atoms with Gasteiger partial charge in [-0.25, -0.2) is 9.79 Å². The van der Waals surface area contributed by atoms with Crippen LogP contribution in [0.4, 0.5) is 0 Å². The number of ether oxygens (including phenoxy) is 1. The number of hydrogen-bond donors (Lipinski definition) is 1. The van der Waals surface area contributed by atoms with Gasteiger partial charge in [0.15, 0.2) is 5.70 Å². The number of nitrogens with zero attached hydrogens (tertiary/aromatic N) is 2. The van der Waals surface area contributed by atoms with Gasteiger partial charge in [-0.2, -0.15) is 0 Å². The topological polar surface area (TPSA) is 79.2 Å². The predicted molar refractivity (Wildman–Crippen MR) is 86.8 cm³/mol. The molecule has 2 heterocycles. The predicted octanol–water partition coefficient (Wildman–Crippen LogP) is 2.39. The van der Waals surface area contributed by atoms with Crippen molar-refractivity contribution in [2.24, 2.45) is 10.9 Å². The number of carboxylic acids is 1. The number of halogens is 1. The van der Waals surface area contributed by atoms with E-state index in [2.05, 4.69) is 20.9 Å². The number of cyclic esters (lactones) is 1. The molecule has 1 N–H and O–H groups in total. The summed E-state index contributed by atoms with van der Waals surface area (Å²) in [7, 11) is 0. The molecule has 0 bridgehead atoms. The van der Waals surface area contributed by atoms with Crippen LogP contribution in [-0.2, 0) is 14.3 Å². The zero-order valence-corrected chi connectivity index (χ0v) is 13.8. The third-order valence-electron chi connectivity index (χ3n) is 3.90. The Labute approximate surface area is 141 Å². The molecular formula is C16H15BrN2O4. The first-order valence-corrected chi connectivity index (χ1v) is 8.08. The first-order chi connectivity index (χ1) is 11.0. The van der Waals surface area contributed by atoms with Crippen molar-refractivity contribution in [1.82, 2.24) is 4.90 Å². The van der Waals surface area contributed by atoms with Crippen LogP contribution in [0.1, 0.15) is 18.4 Å². The fraction of sp³-hybridized carbons (Fsp3) is 0.312. The van der Waals surface area contributed by atoms with Gasteiger partial charge in [0.1, 0.15) is 0 Å². The molecule has 0 unspecified atom stereocenters. The lowest BCUT2D eigenvalue weighted by atomic mass is 9.97. The van der Waals surface area contributed by atoms with Crippen LogP contribution in [-0.4, -0.2) is 40.9 Å². The number of carbonyl (C=O) groups excluding carboxylic acids is 1. The van der Waals surface area contributed by atoms with E-state index in [4.69, 9.17) is 9.84 Å². The fourth-order valence-corrected chi connectivity index (χ4v) is 2.83. The lowest BCUT2D eigenvalue weighted by Gasteiger charge is -2.28. The zero-order valence-electron chi connectivity index (χ0n) is 12.2. The number of carboxylic acid groups (broad SMARTS) is 1. The van der Waals surface area contributed by atoms with E-state index in [1.54, 1.807) is 6.20 Å². The van der Waals surface area contributed by atoms with Crippen LogP contribution in [0.15, 0.2) is 45.6 Å². The number of rotatable bonds is 3. The van der Waals surface area contributed by atoms with E-state index in [0.29, 0.717) is 25.9 Å². The normalized spacial score (nSPS) is 20.6. The molecule has 1 aromatic carbocycles. The molecule has 0 saturated carbocycles. The molecule has 120 valence electrons. The van der Waals surface area contributed by atoms with Gasteiger partial charge < -0.3 is 14.7 Å². The minimum atomic E-state index is -0.756. The second-order valence-electron chi connectivity index (χ2n) is 5.48. The molecule has 2 aliphatic rings. The van der Waals surface area contributed by atoms with E-state index < -0.39 is 11.9 Å². The van der Waals surface area contributed by atoms with Crippen LogP contribution in [0.3, 0.4) is 0 Å². The molecule has 0 radical (unpaired) electrons. The summed E-state index contributed by atoms with van der Waals surface area (Å²) in [6, 6.07) is 7.34. The van der Waals surface area contributed by atoms with Gasteiger partial charge in [-0.1, -0.05) is 15.9 Å². The highest BCUT2D eigenvalue weighted by molar-refractivity contribution is 9.10. The van der Waals surface area contributed by atoms with Crippen LogP contribution in [0.25, 0.3) is 0 Å². The van der Waals surface area contributed by atoms with Gasteiger partial charge in [-0.05, 0) is 37.1 Å². The van der Waals surface area contributed by atoms with Crippen molar-refractivity contribution < 1.29 is 19.4 Å². The summed E-state index contributed by atoms with van der Waals surface area (Å²) in [5.74, 6) is -1.26. The van der Waals surface area contributed by atoms with Gasteiger partial charge >= 0.3 is 11.9 Å². The first-order valence-electron chi connectivity index (χ1n) is 7.28. The van der Waals surface area contributed by atoms with Crippen LogP contribution in [0.2, 0.25) is 0 Å². The van der Waals surface area contributed by atoms with Gasteiger partial charge in [-0.3, -0.25) is 4.79 Å². The minimum Gasteiger partial charge on any atom is -0.481 e. The molecule has 1 saturated heterocycles. The Morgan fingerprint density at radius 3 is 2.57 bits per heavy atom. The maximum Gasteiger partial charge on any atom is 0.365 e. The van der Waals surface area contributed by atoms with Gasteiger partial charge in [0.05, 0.1) is 5.92 Å². The molecule has 0 amide bonds. The second kappa shape index (κ2) is 6.54. The number of aliphatic imine (C=N–C) groups is 1. The number of benzene rings is 1. The van der Waals surface area contributed by atoms with Crippen LogP contribution in [0, 0.1) is 5.92 Å². The van der Waals surface area contributed by atoms with Crippen molar-refractivity contribution in [2.75, 3.05) is 13.1 Å². The maximum absolute atomic E-state index is 11.9. The number of likely N-dealkylation sites (tertiary alicyclic amines) is 1. The van der Waals surface area contributed by atoms with Crippen molar-refractivity contribution >= 4 is 33.8 Å². The van der Waals surface area contributed by atoms with Gasteiger partial charge in [-0.15, -0.1) is 0 Å². The van der Waals surface area contributed by atoms with E-state index in [0.717, 1.165) is 10.0 Å². The quantitative estimate of drug-likeness (QED) is 0.645. The monoisotopic (exact) mass is 378 g/mol. The van der Waals surface area contributed by atoms with Crippen molar-refractivity contribution in [3.63, 3.8) is 0 Å². The molecule has 6 nitrogen and oxygen atoms in total. The summed E-state index contributed by atoms with van der Waals surface area (Å²) < 4.78 is 6.14. The molecule has 1 fully saturated rings. The Hall–Kier alpha value is -2.15. The smallest absolute Gasteiger partial charge is 0.365 e. The lowest BCUT2D eigenvalue weighted by Crippen LogP contribution is -2.33.